The van der Waals surface area contributed by atoms with Crippen LogP contribution in [0.25, 0.3) is 0 Å². The van der Waals surface area contributed by atoms with E-state index in [4.69, 9.17) is 10.3 Å². The lowest BCUT2D eigenvalue weighted by atomic mass is 9.99. The number of sulfonamides is 1. The van der Waals surface area contributed by atoms with Crippen molar-refractivity contribution in [3.8, 4) is 0 Å². The zero-order valence-electron chi connectivity index (χ0n) is 14.0. The van der Waals surface area contributed by atoms with Gasteiger partial charge in [0.1, 0.15) is 6.04 Å². The van der Waals surface area contributed by atoms with Gasteiger partial charge in [-0.15, -0.1) is 0 Å². The van der Waals surface area contributed by atoms with Crippen molar-refractivity contribution in [3.63, 3.8) is 0 Å². The summed E-state index contributed by atoms with van der Waals surface area (Å²) in [6.45, 7) is 0.452. The smallest absolute Gasteiger partial charge is 0.245 e. The fraction of sp³-hybridized carbons (Fsp3) is 0.529. The van der Waals surface area contributed by atoms with Crippen LogP contribution in [0.5, 0.6) is 0 Å². The van der Waals surface area contributed by atoms with Crippen molar-refractivity contribution in [2.24, 2.45) is 5.73 Å². The molecule has 2 fully saturated rings. The lowest BCUT2D eigenvalue weighted by molar-refractivity contribution is 0.285. The molecule has 2 aliphatic rings. The number of aromatic nitrogens is 2. The number of nitrogens with zero attached hydrogens (tertiary/aromatic N) is 3. The molecular weight excluding hydrogens is 340 g/mol. The molecule has 2 aromatic rings. The van der Waals surface area contributed by atoms with E-state index in [0.717, 1.165) is 32.1 Å². The van der Waals surface area contributed by atoms with Gasteiger partial charge in [0.05, 0.1) is 10.4 Å². The molecule has 8 heteroatoms. The Morgan fingerprint density at radius 3 is 2.60 bits per heavy atom. The third-order valence-corrected chi connectivity index (χ3v) is 7.14. The van der Waals surface area contributed by atoms with Crippen LogP contribution < -0.4 is 5.73 Å². The van der Waals surface area contributed by atoms with Crippen LogP contribution in [-0.4, -0.2) is 29.4 Å². The molecule has 1 unspecified atom stereocenters. The van der Waals surface area contributed by atoms with E-state index in [2.05, 4.69) is 10.1 Å². The van der Waals surface area contributed by atoms with E-state index < -0.39 is 21.6 Å². The summed E-state index contributed by atoms with van der Waals surface area (Å²) in [5, 5.41) is 4.07. The quantitative estimate of drug-likeness (QED) is 0.895. The molecule has 7 nitrogen and oxygen atoms in total. The van der Waals surface area contributed by atoms with Crippen LogP contribution in [0.15, 0.2) is 39.8 Å². The summed E-state index contributed by atoms with van der Waals surface area (Å²) in [7, 11) is -3.59. The van der Waals surface area contributed by atoms with E-state index in [1.807, 2.05) is 0 Å². The topological polar surface area (TPSA) is 102 Å². The van der Waals surface area contributed by atoms with Crippen LogP contribution >= 0.6 is 0 Å². The highest BCUT2D eigenvalue weighted by Crippen LogP contribution is 2.38. The Bertz CT molecular complexity index is 844. The van der Waals surface area contributed by atoms with E-state index in [1.54, 1.807) is 30.3 Å². The maximum atomic E-state index is 13.0. The van der Waals surface area contributed by atoms with Gasteiger partial charge in [-0.2, -0.15) is 9.29 Å². The van der Waals surface area contributed by atoms with Gasteiger partial charge >= 0.3 is 0 Å². The number of rotatable bonds is 4. The number of nitrogens with two attached hydrogens (primary N) is 1. The van der Waals surface area contributed by atoms with Crippen molar-refractivity contribution in [1.29, 1.82) is 0 Å². The Morgan fingerprint density at radius 2 is 1.88 bits per heavy atom. The second-order valence-corrected chi connectivity index (χ2v) is 8.80. The molecule has 1 saturated heterocycles. The van der Waals surface area contributed by atoms with Crippen molar-refractivity contribution < 1.29 is 12.9 Å². The highest BCUT2D eigenvalue weighted by Gasteiger charge is 2.41. The molecule has 134 valence electrons. The Balaban J connectivity index is 1.63. The molecular formula is C17H22N4O3S. The molecule has 1 aromatic heterocycles. The first-order valence-corrected chi connectivity index (χ1v) is 10.1. The van der Waals surface area contributed by atoms with Gasteiger partial charge in [0.2, 0.25) is 15.9 Å². The van der Waals surface area contributed by atoms with E-state index in [9.17, 15) is 8.42 Å². The van der Waals surface area contributed by atoms with Gasteiger partial charge in [-0.1, -0.05) is 36.2 Å². The van der Waals surface area contributed by atoms with Gasteiger partial charge < -0.3 is 10.3 Å². The van der Waals surface area contributed by atoms with Gasteiger partial charge in [-0.25, -0.2) is 8.42 Å². The summed E-state index contributed by atoms with van der Waals surface area (Å²) in [5.41, 5.74) is 5.85. The number of hydrogen-bond acceptors (Lipinski definition) is 6. The number of benzene rings is 1. The molecule has 1 aromatic carbocycles. The summed E-state index contributed by atoms with van der Waals surface area (Å²) >= 11 is 0. The Kier molecular flexibility index (Phi) is 4.13. The molecule has 4 rings (SSSR count). The highest BCUT2D eigenvalue weighted by molar-refractivity contribution is 7.89. The van der Waals surface area contributed by atoms with Crippen molar-refractivity contribution in [2.45, 2.75) is 55.0 Å². The van der Waals surface area contributed by atoms with Gasteiger partial charge in [-0.3, -0.25) is 0 Å². The molecule has 1 saturated carbocycles. The lowest BCUT2D eigenvalue weighted by Crippen LogP contribution is -2.34. The van der Waals surface area contributed by atoms with Crippen LogP contribution in [0.4, 0.5) is 0 Å². The largest absolute Gasteiger partial charge is 0.337 e. The third kappa shape index (κ3) is 2.88. The second-order valence-electron chi connectivity index (χ2n) is 6.91. The molecule has 0 amide bonds. The molecule has 2 N–H and O–H groups in total. The van der Waals surface area contributed by atoms with Gasteiger partial charge in [0, 0.05) is 6.54 Å². The third-order valence-electron chi connectivity index (χ3n) is 5.22. The van der Waals surface area contributed by atoms with Gasteiger partial charge in [0.15, 0.2) is 5.82 Å². The first kappa shape index (κ1) is 16.7. The first-order chi connectivity index (χ1) is 12.0. The normalized spacial score (nSPS) is 24.0. The van der Waals surface area contributed by atoms with E-state index in [0.29, 0.717) is 24.7 Å². The lowest BCUT2D eigenvalue weighted by Gasteiger charge is -2.21. The Labute approximate surface area is 147 Å². The average Bonchev–Trinajstić information content (AvgIpc) is 3.35. The summed E-state index contributed by atoms with van der Waals surface area (Å²) in [6.07, 6.45) is 5.22. The SMILES string of the molecule is NC1(c2noc(C3CCCN3S(=O)(=O)c3ccccc3)n2)CCCC1. The minimum absolute atomic E-state index is 0.285. The minimum atomic E-state index is -3.59. The predicted octanol–water partition coefficient (Wildman–Crippen LogP) is 2.32. The van der Waals surface area contributed by atoms with E-state index >= 15 is 0 Å². The molecule has 1 atom stereocenters. The summed E-state index contributed by atoms with van der Waals surface area (Å²) in [4.78, 5) is 4.78. The Hall–Kier alpha value is -1.77. The standard InChI is InChI=1S/C17H22N4O3S/c18-17(10-4-5-11-17)16-19-15(24-20-16)14-9-6-12-21(14)25(22,23)13-7-2-1-3-8-13/h1-3,7-8,14H,4-6,9-12,18H2. The van der Waals surface area contributed by atoms with E-state index in [1.165, 1.54) is 4.31 Å². The van der Waals surface area contributed by atoms with E-state index in [-0.39, 0.29) is 4.90 Å². The molecule has 25 heavy (non-hydrogen) atoms. The predicted molar refractivity (Wildman–Crippen MR) is 90.9 cm³/mol. The average molecular weight is 362 g/mol. The molecule has 2 heterocycles. The van der Waals surface area contributed by atoms with Crippen molar-refractivity contribution in [2.75, 3.05) is 6.54 Å². The number of hydrogen-bond donors (Lipinski definition) is 1. The molecule has 1 aliphatic heterocycles. The summed E-state index contributed by atoms with van der Waals surface area (Å²) in [6, 6.07) is 8.04. The Morgan fingerprint density at radius 1 is 1.16 bits per heavy atom. The fourth-order valence-electron chi connectivity index (χ4n) is 3.80. The second kappa shape index (κ2) is 6.19. The molecule has 0 bridgehead atoms. The summed E-state index contributed by atoms with van der Waals surface area (Å²) in [5.74, 6) is 0.854. The van der Waals surface area contributed by atoms with Gasteiger partial charge in [0.25, 0.3) is 0 Å². The zero-order chi connectivity index (χ0) is 17.5. The van der Waals surface area contributed by atoms with Crippen LogP contribution in [0.1, 0.15) is 56.3 Å². The van der Waals surface area contributed by atoms with Crippen LogP contribution in [0.2, 0.25) is 0 Å². The maximum Gasteiger partial charge on any atom is 0.245 e. The van der Waals surface area contributed by atoms with Crippen molar-refractivity contribution >= 4 is 10.0 Å². The minimum Gasteiger partial charge on any atom is -0.337 e. The van der Waals surface area contributed by atoms with Crippen molar-refractivity contribution in [1.82, 2.24) is 14.4 Å². The first-order valence-electron chi connectivity index (χ1n) is 8.71. The monoisotopic (exact) mass is 362 g/mol. The van der Waals surface area contributed by atoms with Crippen LogP contribution in [0.3, 0.4) is 0 Å². The summed E-state index contributed by atoms with van der Waals surface area (Å²) < 4.78 is 32.8. The maximum absolute atomic E-state index is 13.0. The van der Waals surface area contributed by atoms with Crippen molar-refractivity contribution in [3.05, 3.63) is 42.0 Å². The molecule has 1 aliphatic carbocycles. The molecule has 0 radical (unpaired) electrons. The molecule has 0 spiro atoms. The van der Waals surface area contributed by atoms with Crippen LogP contribution in [-0.2, 0) is 15.6 Å². The van der Waals surface area contributed by atoms with Gasteiger partial charge in [-0.05, 0) is 37.8 Å². The zero-order valence-corrected chi connectivity index (χ0v) is 14.8. The van der Waals surface area contributed by atoms with Crippen LogP contribution in [0, 0.1) is 0 Å². The highest BCUT2D eigenvalue weighted by atomic mass is 32.2. The fourth-order valence-corrected chi connectivity index (χ4v) is 5.48.